The van der Waals surface area contributed by atoms with Gasteiger partial charge in [-0.2, -0.15) is 0 Å². The van der Waals surface area contributed by atoms with Crippen LogP contribution in [0.1, 0.15) is 168 Å². The molecule has 0 bridgehead atoms. The van der Waals surface area contributed by atoms with Gasteiger partial charge in [0.1, 0.15) is 6.61 Å². The average Bonchev–Trinajstić information content (AvgIpc) is 3.07. The summed E-state index contributed by atoms with van der Waals surface area (Å²) in [6, 6.07) is 0. The number of carbonyl (C=O) groups is 2. The Morgan fingerprint density at radius 1 is 0.600 bits per heavy atom. The third-order valence-corrected chi connectivity index (χ3v) is 8.64. The number of allylic oxidation sites excluding steroid dienone is 7. The van der Waals surface area contributed by atoms with Gasteiger partial charge in [-0.3, -0.25) is 14.1 Å². The molecule has 0 aromatic heterocycles. The maximum absolute atomic E-state index is 12.3. The van der Waals surface area contributed by atoms with Crippen LogP contribution >= 0.6 is 7.82 Å². The molecule has 0 rings (SSSR count). The normalized spacial score (nSPS) is 13.6. The predicted octanol–water partition coefficient (Wildman–Crippen LogP) is 10.5. The van der Waals surface area contributed by atoms with Gasteiger partial charge in [0.25, 0.3) is 0 Å². The lowest BCUT2D eigenvalue weighted by Crippen LogP contribution is -2.29. The van der Waals surface area contributed by atoms with Crippen molar-refractivity contribution in [3.63, 3.8) is 0 Å². The predicted molar refractivity (Wildman–Crippen MR) is 204 cm³/mol. The van der Waals surface area contributed by atoms with Crippen LogP contribution in [0.2, 0.25) is 0 Å². The van der Waals surface area contributed by atoms with Crippen LogP contribution in [0.25, 0.3) is 0 Å². The van der Waals surface area contributed by atoms with Gasteiger partial charge in [-0.1, -0.05) is 152 Å². The molecule has 0 aliphatic carbocycles. The average molecular weight is 727 g/mol. The lowest BCUT2D eigenvalue weighted by molar-refractivity contribution is -0.161. The van der Waals surface area contributed by atoms with Gasteiger partial charge in [0.05, 0.1) is 12.7 Å². The van der Waals surface area contributed by atoms with Gasteiger partial charge >= 0.3 is 19.8 Å². The molecule has 0 aromatic rings. The maximum atomic E-state index is 12.3. The first-order valence-electron chi connectivity index (χ1n) is 19.5. The Morgan fingerprint density at radius 2 is 1.08 bits per heavy atom. The molecule has 0 fully saturated rings. The fourth-order valence-corrected chi connectivity index (χ4v) is 5.62. The highest BCUT2D eigenvalue weighted by Crippen LogP contribution is 2.36. The number of unbranched alkanes of at least 4 members (excludes halogenated alkanes) is 14. The Hall–Kier alpha value is -2.03. The summed E-state index contributed by atoms with van der Waals surface area (Å²) in [6.45, 7) is 3.43. The molecule has 0 amide bonds. The third-order valence-electron chi connectivity index (χ3n) is 8.16. The van der Waals surface area contributed by atoms with Gasteiger partial charge in [0.2, 0.25) is 0 Å². The van der Waals surface area contributed by atoms with Gasteiger partial charge in [0, 0.05) is 12.8 Å². The molecular weight excluding hydrogens is 655 g/mol. The molecule has 0 aliphatic rings. The molecule has 0 spiro atoms. The number of aliphatic hydroxyl groups is 1. The van der Waals surface area contributed by atoms with E-state index >= 15 is 0 Å². The lowest BCUT2D eigenvalue weighted by Gasteiger charge is -2.18. The maximum Gasteiger partial charge on any atom is 0.469 e. The van der Waals surface area contributed by atoms with Crippen molar-refractivity contribution in [1.29, 1.82) is 0 Å². The molecule has 1 unspecified atom stereocenters. The zero-order valence-electron chi connectivity index (χ0n) is 31.4. The van der Waals surface area contributed by atoms with E-state index in [4.69, 9.17) is 19.3 Å². The van der Waals surface area contributed by atoms with Crippen molar-refractivity contribution in [3.8, 4) is 0 Å². The minimum atomic E-state index is -4.77. The number of aliphatic hydroxyl groups excluding tert-OH is 1. The molecule has 0 heterocycles. The highest BCUT2D eigenvalue weighted by molar-refractivity contribution is 7.46. The molecule has 2 atom stereocenters. The second-order valence-electron chi connectivity index (χ2n) is 13.1. The van der Waals surface area contributed by atoms with Crippen LogP contribution in [0.5, 0.6) is 0 Å². The molecule has 0 radical (unpaired) electrons. The molecule has 0 aromatic carbocycles. The van der Waals surface area contributed by atoms with Crippen LogP contribution in [0.4, 0.5) is 0 Å². The highest BCUT2D eigenvalue weighted by atomic mass is 31.2. The van der Waals surface area contributed by atoms with E-state index in [-0.39, 0.29) is 25.6 Å². The van der Waals surface area contributed by atoms with Crippen molar-refractivity contribution >= 4 is 19.8 Å². The van der Waals surface area contributed by atoms with Crippen molar-refractivity contribution in [1.82, 2.24) is 0 Å². The topological polar surface area (TPSA) is 140 Å². The van der Waals surface area contributed by atoms with E-state index in [2.05, 4.69) is 48.8 Å². The van der Waals surface area contributed by atoms with Crippen LogP contribution in [0, 0.1) is 0 Å². The molecule has 9 nitrogen and oxygen atoms in total. The van der Waals surface area contributed by atoms with Crippen molar-refractivity contribution in [2.45, 2.75) is 180 Å². The van der Waals surface area contributed by atoms with E-state index in [1.54, 1.807) is 0 Å². The summed E-state index contributed by atoms with van der Waals surface area (Å²) in [4.78, 5) is 42.7. The Kier molecular flexibility index (Phi) is 33.9. The molecular formula is C40H71O9P. The minimum absolute atomic E-state index is 0.121. The van der Waals surface area contributed by atoms with E-state index in [0.29, 0.717) is 25.7 Å². The fourth-order valence-electron chi connectivity index (χ4n) is 5.26. The number of carbonyl (C=O) groups excluding carboxylic acids is 2. The van der Waals surface area contributed by atoms with Gasteiger partial charge < -0.3 is 24.4 Å². The van der Waals surface area contributed by atoms with Crippen molar-refractivity contribution in [3.05, 3.63) is 48.6 Å². The zero-order valence-corrected chi connectivity index (χ0v) is 32.3. The smallest absolute Gasteiger partial charge is 0.462 e. The summed E-state index contributed by atoms with van der Waals surface area (Å²) in [5.41, 5.74) is 0. The van der Waals surface area contributed by atoms with Crippen LogP contribution in [0.3, 0.4) is 0 Å². The number of esters is 2. The summed E-state index contributed by atoms with van der Waals surface area (Å²) >= 11 is 0. The third kappa shape index (κ3) is 37.2. The summed E-state index contributed by atoms with van der Waals surface area (Å²) in [7, 11) is -4.77. The van der Waals surface area contributed by atoms with Crippen LogP contribution in [-0.4, -0.2) is 52.3 Å². The van der Waals surface area contributed by atoms with E-state index in [0.717, 1.165) is 44.9 Å². The van der Waals surface area contributed by atoms with E-state index in [9.17, 15) is 19.3 Å². The largest absolute Gasteiger partial charge is 0.469 e. The molecule has 50 heavy (non-hydrogen) atoms. The number of hydrogen-bond donors (Lipinski definition) is 3. The van der Waals surface area contributed by atoms with E-state index in [1.165, 1.54) is 70.6 Å². The second kappa shape index (κ2) is 35.4. The van der Waals surface area contributed by atoms with Crippen molar-refractivity contribution in [2.24, 2.45) is 0 Å². The fraction of sp³-hybridized carbons (Fsp3) is 0.750. The van der Waals surface area contributed by atoms with Gasteiger partial charge in [-0.15, -0.1) is 0 Å². The summed E-state index contributed by atoms with van der Waals surface area (Å²) in [6.07, 6.45) is 39.0. The Labute approximate surface area is 304 Å². The van der Waals surface area contributed by atoms with Gasteiger partial charge in [-0.05, 0) is 51.4 Å². The van der Waals surface area contributed by atoms with E-state index in [1.807, 2.05) is 18.2 Å². The second-order valence-corrected chi connectivity index (χ2v) is 14.3. The minimum Gasteiger partial charge on any atom is -0.462 e. The molecule has 290 valence electrons. The quantitative estimate of drug-likeness (QED) is 0.0252. The molecule has 0 saturated carbocycles. The first-order chi connectivity index (χ1) is 24.2. The first-order valence-corrected chi connectivity index (χ1v) is 21.0. The number of rotatable bonds is 35. The molecule has 10 heteroatoms. The van der Waals surface area contributed by atoms with Crippen LogP contribution in [-0.2, 0) is 28.2 Å². The van der Waals surface area contributed by atoms with Crippen LogP contribution in [0.15, 0.2) is 48.6 Å². The number of ether oxygens (including phenoxy) is 2. The Balaban J connectivity index is 4.08. The Morgan fingerprint density at radius 3 is 1.60 bits per heavy atom. The number of phosphoric acid groups is 1. The lowest BCUT2D eigenvalue weighted by atomic mass is 10.0. The SMILES string of the molecule is CCCCCCCCCCCCCCCCC(=O)OC[C@H](COP(=O)(O)O)OC(=O)CCC/C=C\C/C=C\C/C=C\C/C=C\CC(O)CCC. The standard InChI is InChI=1S/C40H71O9P/c1-3-5-6-7-8-9-10-11-14-17-20-23-26-29-33-39(42)47-35-38(36-48-50(44,45)46)49-40(43)34-30-27-24-21-18-15-12-13-16-19-22-25-28-32-37(41)31-4-2/h12,15-16,19,21,24-25,28,37-38,41H,3-11,13-14,17-18,20,22-23,26-27,29-36H2,1-2H3,(H2,44,45,46)/b15-12-,19-16-,24-21-,28-25-/t37?,38-/m1/s1. The van der Waals surface area contributed by atoms with E-state index < -0.39 is 32.5 Å². The van der Waals surface area contributed by atoms with Crippen molar-refractivity contribution in [2.75, 3.05) is 13.2 Å². The Bertz CT molecular complexity index is 970. The summed E-state index contributed by atoms with van der Waals surface area (Å²) in [5, 5.41) is 9.70. The number of phosphoric ester groups is 1. The summed E-state index contributed by atoms with van der Waals surface area (Å²) in [5.74, 6) is -0.970. The van der Waals surface area contributed by atoms with Gasteiger partial charge in [-0.25, -0.2) is 4.57 Å². The summed E-state index contributed by atoms with van der Waals surface area (Å²) < 4.78 is 26.2. The monoisotopic (exact) mass is 726 g/mol. The number of hydrogen-bond acceptors (Lipinski definition) is 7. The molecule has 0 saturated heterocycles. The van der Waals surface area contributed by atoms with Crippen molar-refractivity contribution < 1.29 is 43.0 Å². The molecule has 0 aliphatic heterocycles. The highest BCUT2D eigenvalue weighted by Gasteiger charge is 2.22. The van der Waals surface area contributed by atoms with Crippen LogP contribution < -0.4 is 0 Å². The first kappa shape index (κ1) is 48.0. The molecule has 3 N–H and O–H groups in total. The zero-order chi connectivity index (χ0) is 37.0. The van der Waals surface area contributed by atoms with Gasteiger partial charge in [0.15, 0.2) is 6.10 Å².